The Balaban J connectivity index is 1.01. The molecule has 0 aliphatic rings. The molecule has 10 aromatic carbocycles. The van der Waals surface area contributed by atoms with Gasteiger partial charge in [0.2, 0.25) is 0 Å². The van der Waals surface area contributed by atoms with E-state index in [9.17, 15) is 0 Å². The van der Waals surface area contributed by atoms with Gasteiger partial charge in [-0.2, -0.15) is 0 Å². The largest absolute Gasteiger partial charge is 0.454 e. The van der Waals surface area contributed by atoms with Gasteiger partial charge in [0.1, 0.15) is 5.58 Å². The Labute approximate surface area is 337 Å². The summed E-state index contributed by atoms with van der Waals surface area (Å²) in [5.41, 5.74) is 14.4. The van der Waals surface area contributed by atoms with Crippen molar-refractivity contribution in [2.24, 2.45) is 0 Å². The van der Waals surface area contributed by atoms with Crippen LogP contribution in [0, 0.1) is 0 Å². The fraction of sp³-hybridized carbons (Fsp3) is 0. The third kappa shape index (κ3) is 6.00. The van der Waals surface area contributed by atoms with Gasteiger partial charge in [-0.1, -0.05) is 176 Å². The standard InChI is InChI=1S/C56H37NO/c1-3-10-38(11-4-1)41-18-20-43(21-19-41)47-28-34-51-48(37-47)29-35-54-55(51)52-16-9-17-53(56(52)58-54)57(49-30-24-42(25-31-49)39-12-5-2-6-13-39)50-32-26-44(27-33-50)46-23-22-40-14-7-8-15-45(40)36-46/h1-37H. The van der Waals surface area contributed by atoms with Crippen LogP contribution in [-0.2, 0) is 0 Å². The number of hydrogen-bond donors (Lipinski definition) is 0. The molecule has 1 heterocycles. The monoisotopic (exact) mass is 739 g/mol. The predicted molar refractivity (Wildman–Crippen MR) is 245 cm³/mol. The zero-order valence-electron chi connectivity index (χ0n) is 31.7. The molecule has 0 saturated carbocycles. The first-order chi connectivity index (χ1) is 28.7. The topological polar surface area (TPSA) is 16.4 Å². The number of para-hydroxylation sites is 1. The number of anilines is 3. The first-order valence-corrected chi connectivity index (χ1v) is 19.8. The predicted octanol–water partition coefficient (Wildman–Crippen LogP) is 16.0. The second-order valence-corrected chi connectivity index (χ2v) is 14.9. The molecule has 0 amide bonds. The number of rotatable bonds is 7. The lowest BCUT2D eigenvalue weighted by molar-refractivity contribution is 0.669. The van der Waals surface area contributed by atoms with Gasteiger partial charge in [0.05, 0.1) is 5.69 Å². The van der Waals surface area contributed by atoms with Gasteiger partial charge in [0.15, 0.2) is 5.58 Å². The summed E-state index contributed by atoms with van der Waals surface area (Å²) in [6, 6.07) is 80.5. The summed E-state index contributed by atoms with van der Waals surface area (Å²) in [4.78, 5) is 2.32. The average molecular weight is 740 g/mol. The van der Waals surface area contributed by atoms with Gasteiger partial charge in [0.25, 0.3) is 0 Å². The van der Waals surface area contributed by atoms with Crippen molar-refractivity contribution < 1.29 is 4.42 Å². The van der Waals surface area contributed by atoms with Crippen molar-refractivity contribution in [1.82, 2.24) is 0 Å². The van der Waals surface area contributed by atoms with Gasteiger partial charge in [-0.15, -0.1) is 0 Å². The molecule has 0 spiro atoms. The van der Waals surface area contributed by atoms with Crippen molar-refractivity contribution in [1.29, 1.82) is 0 Å². The highest BCUT2D eigenvalue weighted by Gasteiger charge is 2.21. The summed E-state index contributed by atoms with van der Waals surface area (Å²) in [6.07, 6.45) is 0. The van der Waals surface area contributed by atoms with Crippen LogP contribution in [0.4, 0.5) is 17.1 Å². The van der Waals surface area contributed by atoms with E-state index in [1.807, 2.05) is 0 Å². The number of benzene rings is 10. The maximum absolute atomic E-state index is 6.87. The third-order valence-corrected chi connectivity index (χ3v) is 11.5. The van der Waals surface area contributed by atoms with Crippen LogP contribution in [0.5, 0.6) is 0 Å². The van der Waals surface area contributed by atoms with E-state index in [2.05, 4.69) is 229 Å². The van der Waals surface area contributed by atoms with Crippen molar-refractivity contribution in [2.45, 2.75) is 0 Å². The van der Waals surface area contributed by atoms with Crippen LogP contribution in [0.15, 0.2) is 229 Å². The fourth-order valence-corrected chi connectivity index (χ4v) is 8.49. The highest BCUT2D eigenvalue weighted by atomic mass is 16.3. The summed E-state index contributed by atoms with van der Waals surface area (Å²) in [7, 11) is 0. The van der Waals surface area contributed by atoms with E-state index in [1.165, 1.54) is 66.1 Å². The molecule has 0 saturated heterocycles. The SMILES string of the molecule is c1ccc(-c2ccc(-c3ccc4c(ccc5oc6c(N(c7ccc(-c8ccccc8)cc7)c7ccc(-c8ccc9ccccc9c8)cc7)cccc6c54)c3)cc2)cc1. The molecule has 0 aliphatic heterocycles. The Morgan fingerprint density at radius 3 is 1.38 bits per heavy atom. The van der Waals surface area contributed by atoms with Crippen LogP contribution in [0.1, 0.15) is 0 Å². The van der Waals surface area contributed by atoms with E-state index >= 15 is 0 Å². The average Bonchev–Trinajstić information content (AvgIpc) is 3.70. The van der Waals surface area contributed by atoms with E-state index < -0.39 is 0 Å². The Hall–Kier alpha value is -7.68. The highest BCUT2D eigenvalue weighted by Crippen LogP contribution is 2.45. The first-order valence-electron chi connectivity index (χ1n) is 19.8. The number of fused-ring (bicyclic) bond motifs is 6. The first kappa shape index (κ1) is 33.6. The Bertz CT molecular complexity index is 3240. The molecular weight excluding hydrogens is 703 g/mol. The molecule has 11 rings (SSSR count). The Kier molecular flexibility index (Phi) is 8.19. The van der Waals surface area contributed by atoms with E-state index in [-0.39, 0.29) is 0 Å². The minimum absolute atomic E-state index is 0.858. The van der Waals surface area contributed by atoms with Gasteiger partial charge in [-0.25, -0.2) is 0 Å². The van der Waals surface area contributed by atoms with E-state index in [0.29, 0.717) is 0 Å². The van der Waals surface area contributed by atoms with Crippen molar-refractivity contribution in [3.63, 3.8) is 0 Å². The molecule has 0 N–H and O–H groups in total. The van der Waals surface area contributed by atoms with Crippen LogP contribution >= 0.6 is 0 Å². The zero-order chi connectivity index (χ0) is 38.4. The highest BCUT2D eigenvalue weighted by molar-refractivity contribution is 6.21. The molecule has 58 heavy (non-hydrogen) atoms. The van der Waals surface area contributed by atoms with Crippen molar-refractivity contribution >= 4 is 60.5 Å². The number of hydrogen-bond acceptors (Lipinski definition) is 2. The quantitative estimate of drug-likeness (QED) is 0.162. The maximum Gasteiger partial charge on any atom is 0.159 e. The van der Waals surface area contributed by atoms with Crippen molar-refractivity contribution in [2.75, 3.05) is 4.90 Å². The van der Waals surface area contributed by atoms with Crippen LogP contribution in [0.2, 0.25) is 0 Å². The minimum Gasteiger partial charge on any atom is -0.454 e. The van der Waals surface area contributed by atoms with Crippen LogP contribution in [-0.4, -0.2) is 0 Å². The van der Waals surface area contributed by atoms with Crippen LogP contribution < -0.4 is 4.90 Å². The fourth-order valence-electron chi connectivity index (χ4n) is 8.49. The number of nitrogens with zero attached hydrogens (tertiary/aromatic N) is 1. The Morgan fingerprint density at radius 1 is 0.293 bits per heavy atom. The molecule has 0 bridgehead atoms. The smallest absolute Gasteiger partial charge is 0.159 e. The van der Waals surface area contributed by atoms with Crippen molar-refractivity contribution in [3.8, 4) is 44.5 Å². The van der Waals surface area contributed by atoms with E-state index in [0.717, 1.165) is 39.0 Å². The van der Waals surface area contributed by atoms with Gasteiger partial charge >= 0.3 is 0 Å². The third-order valence-electron chi connectivity index (χ3n) is 11.5. The maximum atomic E-state index is 6.87. The molecule has 272 valence electrons. The summed E-state index contributed by atoms with van der Waals surface area (Å²) in [5.74, 6) is 0. The molecule has 2 heteroatoms. The molecule has 0 unspecified atom stereocenters. The zero-order valence-corrected chi connectivity index (χ0v) is 31.7. The molecule has 11 aromatic rings. The molecule has 0 atom stereocenters. The molecule has 0 aliphatic carbocycles. The summed E-state index contributed by atoms with van der Waals surface area (Å²) in [5, 5.41) is 7.07. The summed E-state index contributed by atoms with van der Waals surface area (Å²) < 4.78 is 6.87. The minimum atomic E-state index is 0.858. The normalized spacial score (nSPS) is 11.4. The van der Waals surface area contributed by atoms with Gasteiger partial charge in [0, 0.05) is 22.1 Å². The molecule has 0 fully saturated rings. The molecular formula is C56H37NO. The second-order valence-electron chi connectivity index (χ2n) is 14.9. The second kappa shape index (κ2) is 14.1. The van der Waals surface area contributed by atoms with Gasteiger partial charge in [-0.3, -0.25) is 0 Å². The van der Waals surface area contributed by atoms with Gasteiger partial charge < -0.3 is 9.32 Å². The number of furan rings is 1. The molecule has 1 aromatic heterocycles. The molecule has 2 nitrogen and oxygen atoms in total. The summed E-state index contributed by atoms with van der Waals surface area (Å²) in [6.45, 7) is 0. The van der Waals surface area contributed by atoms with E-state index in [1.54, 1.807) is 0 Å². The van der Waals surface area contributed by atoms with Crippen LogP contribution in [0.25, 0.3) is 88.0 Å². The van der Waals surface area contributed by atoms with E-state index in [4.69, 9.17) is 4.42 Å². The lowest BCUT2D eigenvalue weighted by Gasteiger charge is -2.26. The van der Waals surface area contributed by atoms with Crippen LogP contribution in [0.3, 0.4) is 0 Å². The summed E-state index contributed by atoms with van der Waals surface area (Å²) >= 11 is 0. The molecule has 0 radical (unpaired) electrons. The van der Waals surface area contributed by atoms with Gasteiger partial charge in [-0.05, 0) is 115 Å². The lowest BCUT2D eigenvalue weighted by atomic mass is 9.96. The Morgan fingerprint density at radius 2 is 0.759 bits per heavy atom. The lowest BCUT2D eigenvalue weighted by Crippen LogP contribution is -2.10. The van der Waals surface area contributed by atoms with Crippen molar-refractivity contribution in [3.05, 3.63) is 224 Å².